The maximum atomic E-state index is 5.54. The molecule has 0 aromatic rings. The van der Waals surface area contributed by atoms with Gasteiger partial charge in [-0.25, -0.2) is 0 Å². The first-order valence-electron chi connectivity index (χ1n) is 7.63. The third-order valence-corrected chi connectivity index (χ3v) is 3.79. The molecule has 0 radical (unpaired) electrons. The first kappa shape index (κ1) is 15.9. The number of nitrogens with one attached hydrogen (secondary N) is 1. The summed E-state index contributed by atoms with van der Waals surface area (Å²) < 4.78 is 5.54. The van der Waals surface area contributed by atoms with E-state index in [4.69, 9.17) is 4.74 Å². The molecule has 1 aliphatic heterocycles. The molecule has 18 heavy (non-hydrogen) atoms. The molecule has 1 heterocycles. The number of rotatable bonds is 9. The average Bonchev–Trinajstić information content (AvgIpc) is 2.85. The van der Waals surface area contributed by atoms with Crippen molar-refractivity contribution in [2.45, 2.75) is 46.1 Å². The van der Waals surface area contributed by atoms with E-state index in [1.807, 2.05) is 0 Å². The molecule has 1 N–H and O–H groups in total. The van der Waals surface area contributed by atoms with Crippen molar-refractivity contribution >= 4 is 0 Å². The summed E-state index contributed by atoms with van der Waals surface area (Å²) in [4.78, 5) is 2.48. The van der Waals surface area contributed by atoms with E-state index < -0.39 is 0 Å². The van der Waals surface area contributed by atoms with Crippen LogP contribution in [0, 0.1) is 11.8 Å². The highest BCUT2D eigenvalue weighted by atomic mass is 16.5. The monoisotopic (exact) mass is 256 g/mol. The molecular formula is C15H32N2O. The fraction of sp³-hybridized carbons (Fsp3) is 1.00. The van der Waals surface area contributed by atoms with Crippen LogP contribution in [-0.2, 0) is 4.74 Å². The van der Waals surface area contributed by atoms with Gasteiger partial charge in [-0.2, -0.15) is 0 Å². The highest BCUT2D eigenvalue weighted by Gasteiger charge is 2.26. The maximum absolute atomic E-state index is 5.54. The minimum atomic E-state index is 0.601. The van der Waals surface area contributed by atoms with Crippen LogP contribution in [0.15, 0.2) is 0 Å². The normalized spacial score (nSPS) is 22.0. The van der Waals surface area contributed by atoms with Crippen molar-refractivity contribution < 1.29 is 4.74 Å². The lowest BCUT2D eigenvalue weighted by Crippen LogP contribution is -2.45. The van der Waals surface area contributed by atoms with E-state index in [1.54, 1.807) is 0 Å². The van der Waals surface area contributed by atoms with Crippen molar-refractivity contribution in [1.82, 2.24) is 10.2 Å². The average molecular weight is 256 g/mol. The van der Waals surface area contributed by atoms with E-state index in [0.717, 1.165) is 32.2 Å². The maximum Gasteiger partial charge on any atom is 0.0510 e. The van der Waals surface area contributed by atoms with Crippen LogP contribution in [0.25, 0.3) is 0 Å². The summed E-state index contributed by atoms with van der Waals surface area (Å²) >= 11 is 0. The third-order valence-electron chi connectivity index (χ3n) is 3.79. The van der Waals surface area contributed by atoms with Gasteiger partial charge in [0.2, 0.25) is 0 Å². The fourth-order valence-corrected chi connectivity index (χ4v) is 2.49. The van der Waals surface area contributed by atoms with Crippen molar-refractivity contribution in [3.8, 4) is 0 Å². The molecule has 1 saturated heterocycles. The third kappa shape index (κ3) is 6.17. The molecule has 1 rings (SSSR count). The fourth-order valence-electron chi connectivity index (χ4n) is 2.49. The predicted octanol–water partition coefficient (Wildman–Crippen LogP) is 2.37. The van der Waals surface area contributed by atoms with Gasteiger partial charge in [0.1, 0.15) is 0 Å². The van der Waals surface area contributed by atoms with Gasteiger partial charge in [-0.05, 0) is 45.3 Å². The molecule has 0 bridgehead atoms. The molecule has 0 amide bonds. The Morgan fingerprint density at radius 3 is 2.72 bits per heavy atom. The minimum absolute atomic E-state index is 0.601. The second-order valence-electron chi connectivity index (χ2n) is 6.13. The molecule has 1 fully saturated rings. The van der Waals surface area contributed by atoms with E-state index in [9.17, 15) is 0 Å². The Bertz CT molecular complexity index is 203. The summed E-state index contributed by atoms with van der Waals surface area (Å²) in [6, 6.07) is 0.601. The van der Waals surface area contributed by atoms with Gasteiger partial charge in [-0.3, -0.25) is 0 Å². The quantitative estimate of drug-likeness (QED) is 0.685. The van der Waals surface area contributed by atoms with Crippen LogP contribution < -0.4 is 5.32 Å². The van der Waals surface area contributed by atoms with Crippen molar-refractivity contribution in [2.75, 3.05) is 39.9 Å². The smallest absolute Gasteiger partial charge is 0.0510 e. The highest BCUT2D eigenvalue weighted by molar-refractivity contribution is 4.81. The van der Waals surface area contributed by atoms with Crippen LogP contribution >= 0.6 is 0 Å². The lowest BCUT2D eigenvalue weighted by molar-refractivity contribution is 0.165. The van der Waals surface area contributed by atoms with E-state index in [2.05, 4.69) is 38.0 Å². The second-order valence-corrected chi connectivity index (χ2v) is 6.13. The van der Waals surface area contributed by atoms with Crippen molar-refractivity contribution in [1.29, 1.82) is 0 Å². The minimum Gasteiger partial charge on any atom is -0.381 e. The van der Waals surface area contributed by atoms with Gasteiger partial charge in [0.05, 0.1) is 6.61 Å². The van der Waals surface area contributed by atoms with Gasteiger partial charge in [0.15, 0.2) is 0 Å². The molecule has 108 valence electrons. The Balaban J connectivity index is 2.34. The summed E-state index contributed by atoms with van der Waals surface area (Å²) in [6.45, 7) is 12.2. The Morgan fingerprint density at radius 2 is 2.17 bits per heavy atom. The molecular weight excluding hydrogens is 224 g/mol. The number of hydrogen-bond acceptors (Lipinski definition) is 3. The Kier molecular flexibility index (Phi) is 7.87. The highest BCUT2D eigenvalue weighted by Crippen LogP contribution is 2.17. The summed E-state index contributed by atoms with van der Waals surface area (Å²) in [5.41, 5.74) is 0. The van der Waals surface area contributed by atoms with E-state index in [1.165, 1.54) is 25.8 Å². The first-order valence-corrected chi connectivity index (χ1v) is 7.63. The topological polar surface area (TPSA) is 24.5 Å². The molecule has 3 heteroatoms. The van der Waals surface area contributed by atoms with Crippen LogP contribution in [0.2, 0.25) is 0 Å². The predicted molar refractivity (Wildman–Crippen MR) is 78.0 cm³/mol. The van der Waals surface area contributed by atoms with Crippen molar-refractivity contribution in [2.24, 2.45) is 11.8 Å². The zero-order valence-electron chi connectivity index (χ0n) is 12.7. The van der Waals surface area contributed by atoms with Crippen LogP contribution in [0.3, 0.4) is 0 Å². The summed E-state index contributed by atoms with van der Waals surface area (Å²) in [7, 11) is 2.25. The van der Waals surface area contributed by atoms with Gasteiger partial charge in [0.25, 0.3) is 0 Å². The molecule has 0 saturated carbocycles. The van der Waals surface area contributed by atoms with Crippen LogP contribution in [-0.4, -0.2) is 50.8 Å². The molecule has 2 unspecified atom stereocenters. The van der Waals surface area contributed by atoms with Gasteiger partial charge in [-0.1, -0.05) is 20.8 Å². The van der Waals surface area contributed by atoms with Crippen LogP contribution in [0.1, 0.15) is 40.0 Å². The number of nitrogens with zero attached hydrogens (tertiary/aromatic N) is 1. The van der Waals surface area contributed by atoms with Gasteiger partial charge >= 0.3 is 0 Å². The van der Waals surface area contributed by atoms with Crippen LogP contribution in [0.4, 0.5) is 0 Å². The van der Waals surface area contributed by atoms with Gasteiger partial charge < -0.3 is 15.0 Å². The molecule has 2 atom stereocenters. The molecule has 0 aliphatic carbocycles. The number of likely N-dealkylation sites (N-methyl/N-ethyl adjacent to an activating group) is 1. The zero-order valence-corrected chi connectivity index (χ0v) is 12.7. The van der Waals surface area contributed by atoms with Crippen LogP contribution in [0.5, 0.6) is 0 Å². The summed E-state index contributed by atoms with van der Waals surface area (Å²) in [5, 5.41) is 3.71. The Hall–Kier alpha value is -0.120. The van der Waals surface area contributed by atoms with E-state index in [-0.39, 0.29) is 0 Å². The molecule has 0 aromatic carbocycles. The molecule has 0 aromatic heterocycles. The SMILES string of the molecule is CCCNC(CN(C)CCC(C)C)C1CCOC1. The zero-order chi connectivity index (χ0) is 13.4. The summed E-state index contributed by atoms with van der Waals surface area (Å²) in [5.74, 6) is 1.50. The molecule has 0 spiro atoms. The first-order chi connectivity index (χ1) is 8.63. The van der Waals surface area contributed by atoms with Gasteiger partial charge in [0, 0.05) is 25.1 Å². The van der Waals surface area contributed by atoms with Crippen molar-refractivity contribution in [3.05, 3.63) is 0 Å². The lowest BCUT2D eigenvalue weighted by atomic mass is 9.98. The number of hydrogen-bond donors (Lipinski definition) is 1. The second kappa shape index (κ2) is 8.89. The Morgan fingerprint density at radius 1 is 1.39 bits per heavy atom. The largest absolute Gasteiger partial charge is 0.381 e. The number of ether oxygens (including phenoxy) is 1. The molecule has 1 aliphatic rings. The van der Waals surface area contributed by atoms with E-state index in [0.29, 0.717) is 12.0 Å². The standard InChI is InChI=1S/C15H32N2O/c1-5-8-16-15(14-7-10-18-12-14)11-17(4)9-6-13(2)3/h13-16H,5-12H2,1-4H3. The van der Waals surface area contributed by atoms with Crippen molar-refractivity contribution in [3.63, 3.8) is 0 Å². The lowest BCUT2D eigenvalue weighted by Gasteiger charge is -2.29. The van der Waals surface area contributed by atoms with E-state index >= 15 is 0 Å². The summed E-state index contributed by atoms with van der Waals surface area (Å²) in [6.07, 6.45) is 3.72. The molecule has 3 nitrogen and oxygen atoms in total. The van der Waals surface area contributed by atoms with Gasteiger partial charge in [-0.15, -0.1) is 0 Å². The Labute approximate surface area is 113 Å².